The number of benzene rings is 1. The average Bonchev–Trinajstić information content (AvgIpc) is 2.82. The Kier molecular flexibility index (Phi) is 5.64. The van der Waals surface area contributed by atoms with Crippen LogP contribution in [0.3, 0.4) is 0 Å². The zero-order chi connectivity index (χ0) is 17.7. The largest absolute Gasteiger partial charge is 0.388 e. The molecule has 0 aliphatic carbocycles. The smallest absolute Gasteiger partial charge is 0.312 e. The topological polar surface area (TPSA) is 110 Å². The highest BCUT2D eigenvalue weighted by atomic mass is 16.6. The van der Waals surface area contributed by atoms with Gasteiger partial charge in [0.1, 0.15) is 17.9 Å². The second-order valence-corrected chi connectivity index (χ2v) is 5.50. The van der Waals surface area contributed by atoms with Gasteiger partial charge >= 0.3 is 5.69 Å². The minimum absolute atomic E-state index is 0.0673. The van der Waals surface area contributed by atoms with Crippen molar-refractivity contribution in [2.75, 3.05) is 6.54 Å². The molecule has 24 heavy (non-hydrogen) atoms. The molecule has 1 aromatic carbocycles. The highest BCUT2D eigenvalue weighted by molar-refractivity contribution is 5.75. The molecule has 2 N–H and O–H groups in total. The first kappa shape index (κ1) is 17.6. The summed E-state index contributed by atoms with van der Waals surface area (Å²) in [6, 6.07) is 9.19. The van der Waals surface area contributed by atoms with Crippen LogP contribution in [0.15, 0.2) is 30.3 Å². The van der Waals surface area contributed by atoms with Crippen molar-refractivity contribution in [2.45, 2.75) is 32.9 Å². The lowest BCUT2D eigenvalue weighted by molar-refractivity contribution is -0.386. The van der Waals surface area contributed by atoms with Crippen molar-refractivity contribution in [3.8, 4) is 0 Å². The Labute approximate surface area is 139 Å². The van der Waals surface area contributed by atoms with Gasteiger partial charge in [0, 0.05) is 6.54 Å². The maximum atomic E-state index is 11.9. The van der Waals surface area contributed by atoms with Crippen molar-refractivity contribution in [1.82, 2.24) is 15.1 Å². The number of aliphatic hydroxyl groups excluding tert-OH is 1. The van der Waals surface area contributed by atoms with Crippen molar-refractivity contribution in [2.24, 2.45) is 0 Å². The molecule has 0 radical (unpaired) electrons. The lowest BCUT2D eigenvalue weighted by Gasteiger charge is -2.11. The van der Waals surface area contributed by atoms with E-state index >= 15 is 0 Å². The molecule has 1 heterocycles. The molecule has 1 atom stereocenters. The van der Waals surface area contributed by atoms with Crippen LogP contribution in [0.1, 0.15) is 29.5 Å². The normalized spacial score (nSPS) is 12.0. The number of carbonyl (C=O) groups is 1. The van der Waals surface area contributed by atoms with Gasteiger partial charge in [-0.15, -0.1) is 0 Å². The zero-order valence-electron chi connectivity index (χ0n) is 13.6. The number of amides is 1. The molecule has 2 rings (SSSR count). The van der Waals surface area contributed by atoms with Gasteiger partial charge in [-0.2, -0.15) is 5.10 Å². The summed E-state index contributed by atoms with van der Waals surface area (Å²) >= 11 is 0. The summed E-state index contributed by atoms with van der Waals surface area (Å²) in [5, 5.41) is 27.7. The average molecular weight is 332 g/mol. The zero-order valence-corrected chi connectivity index (χ0v) is 13.6. The third kappa shape index (κ3) is 4.17. The predicted molar refractivity (Wildman–Crippen MR) is 87.4 cm³/mol. The number of hydrogen-bond acceptors (Lipinski definition) is 5. The van der Waals surface area contributed by atoms with Crippen LogP contribution in [0.25, 0.3) is 0 Å². The summed E-state index contributed by atoms with van der Waals surface area (Å²) in [6.07, 6.45) is -0.270. The molecule has 0 aliphatic heterocycles. The summed E-state index contributed by atoms with van der Waals surface area (Å²) in [5.74, 6) is -0.309. The van der Waals surface area contributed by atoms with E-state index in [0.717, 1.165) is 5.56 Å². The van der Waals surface area contributed by atoms with Crippen molar-refractivity contribution in [1.29, 1.82) is 0 Å². The van der Waals surface area contributed by atoms with E-state index in [9.17, 15) is 20.0 Å². The maximum Gasteiger partial charge on any atom is 0.312 e. The molecule has 0 aliphatic rings. The molecule has 128 valence electrons. The fraction of sp³-hybridized carbons (Fsp3) is 0.375. The van der Waals surface area contributed by atoms with Crippen LogP contribution in [0.4, 0.5) is 5.69 Å². The summed E-state index contributed by atoms with van der Waals surface area (Å²) in [5.41, 5.74) is 1.35. The first-order valence-corrected chi connectivity index (χ1v) is 7.58. The molecule has 0 fully saturated rings. The van der Waals surface area contributed by atoms with E-state index in [1.54, 1.807) is 6.92 Å². The summed E-state index contributed by atoms with van der Waals surface area (Å²) in [4.78, 5) is 22.4. The molecule has 8 heteroatoms. The van der Waals surface area contributed by atoms with Crippen molar-refractivity contribution >= 4 is 11.6 Å². The number of rotatable bonds is 7. The molecule has 1 amide bonds. The summed E-state index contributed by atoms with van der Waals surface area (Å²) in [6.45, 7) is 3.30. The molecule has 1 unspecified atom stereocenters. The van der Waals surface area contributed by atoms with Gasteiger partial charge in [-0.05, 0) is 25.8 Å². The van der Waals surface area contributed by atoms with Gasteiger partial charge < -0.3 is 10.4 Å². The Balaban J connectivity index is 1.86. The Morgan fingerprint density at radius 1 is 1.38 bits per heavy atom. The minimum atomic E-state index is -0.652. The molecule has 0 bridgehead atoms. The van der Waals surface area contributed by atoms with Gasteiger partial charge in [-0.25, -0.2) is 0 Å². The lowest BCUT2D eigenvalue weighted by Crippen LogP contribution is -2.30. The molecular weight excluding hydrogens is 312 g/mol. The molecule has 8 nitrogen and oxygen atoms in total. The van der Waals surface area contributed by atoms with E-state index in [1.165, 1.54) is 11.6 Å². The molecule has 0 spiro atoms. The summed E-state index contributed by atoms with van der Waals surface area (Å²) < 4.78 is 1.32. The fourth-order valence-electron chi connectivity index (χ4n) is 2.49. The quantitative estimate of drug-likeness (QED) is 0.591. The number of aromatic nitrogens is 2. The predicted octanol–water partition coefficient (Wildman–Crippen LogP) is 1.65. The van der Waals surface area contributed by atoms with E-state index in [0.29, 0.717) is 18.7 Å². The monoisotopic (exact) mass is 332 g/mol. The Bertz CT molecular complexity index is 727. The van der Waals surface area contributed by atoms with Crippen LogP contribution in [-0.4, -0.2) is 32.3 Å². The van der Waals surface area contributed by atoms with Gasteiger partial charge in [-0.1, -0.05) is 30.3 Å². The van der Waals surface area contributed by atoms with E-state index in [1.807, 2.05) is 30.3 Å². The van der Waals surface area contributed by atoms with Gasteiger partial charge in [-0.3, -0.25) is 19.6 Å². The SMILES string of the molecule is Cc1nn(CC(=O)NCCC(O)c2ccccc2)c(C)c1[N+](=O)[O-]. The number of nitro groups is 1. The number of aliphatic hydroxyl groups is 1. The van der Waals surface area contributed by atoms with Gasteiger partial charge in [0.25, 0.3) is 0 Å². The van der Waals surface area contributed by atoms with Gasteiger partial charge in [0.2, 0.25) is 5.91 Å². The third-order valence-electron chi connectivity index (χ3n) is 3.74. The van der Waals surface area contributed by atoms with Crippen LogP contribution >= 0.6 is 0 Å². The van der Waals surface area contributed by atoms with Crippen LogP contribution in [0.2, 0.25) is 0 Å². The number of hydrogen-bond donors (Lipinski definition) is 2. The van der Waals surface area contributed by atoms with Crippen molar-refractivity contribution in [3.63, 3.8) is 0 Å². The van der Waals surface area contributed by atoms with E-state index < -0.39 is 11.0 Å². The Hall–Kier alpha value is -2.74. The van der Waals surface area contributed by atoms with E-state index in [2.05, 4.69) is 10.4 Å². The van der Waals surface area contributed by atoms with Crippen molar-refractivity contribution < 1.29 is 14.8 Å². The molecule has 0 saturated heterocycles. The first-order valence-electron chi connectivity index (χ1n) is 7.58. The fourth-order valence-corrected chi connectivity index (χ4v) is 2.49. The third-order valence-corrected chi connectivity index (χ3v) is 3.74. The van der Waals surface area contributed by atoms with Crippen LogP contribution in [-0.2, 0) is 11.3 Å². The Morgan fingerprint density at radius 2 is 2.04 bits per heavy atom. The van der Waals surface area contributed by atoms with Gasteiger partial charge in [0.15, 0.2) is 0 Å². The van der Waals surface area contributed by atoms with E-state index in [-0.39, 0.29) is 23.8 Å². The number of nitrogens with zero attached hydrogens (tertiary/aromatic N) is 3. The number of carbonyl (C=O) groups excluding carboxylic acids is 1. The van der Waals surface area contributed by atoms with Crippen LogP contribution < -0.4 is 5.32 Å². The Morgan fingerprint density at radius 3 is 2.62 bits per heavy atom. The highest BCUT2D eigenvalue weighted by Gasteiger charge is 2.22. The number of nitrogens with one attached hydrogen (secondary N) is 1. The second-order valence-electron chi connectivity index (χ2n) is 5.50. The minimum Gasteiger partial charge on any atom is -0.388 e. The highest BCUT2D eigenvalue weighted by Crippen LogP contribution is 2.21. The van der Waals surface area contributed by atoms with Crippen LogP contribution in [0.5, 0.6) is 0 Å². The summed E-state index contributed by atoms with van der Waals surface area (Å²) in [7, 11) is 0. The molecule has 0 saturated carbocycles. The lowest BCUT2D eigenvalue weighted by atomic mass is 10.1. The standard InChI is InChI=1S/C16H20N4O4/c1-11-16(20(23)24)12(2)19(18-11)10-15(22)17-9-8-14(21)13-6-4-3-5-7-13/h3-7,14,21H,8-10H2,1-2H3,(H,17,22). The van der Waals surface area contributed by atoms with Crippen LogP contribution in [0, 0.1) is 24.0 Å². The van der Waals surface area contributed by atoms with E-state index in [4.69, 9.17) is 0 Å². The first-order chi connectivity index (χ1) is 11.4. The van der Waals surface area contributed by atoms with Gasteiger partial charge in [0.05, 0.1) is 11.0 Å². The molecule has 1 aromatic heterocycles. The second kappa shape index (κ2) is 7.69. The molecule has 2 aromatic rings. The molecular formula is C16H20N4O4. The number of aryl methyl sites for hydroxylation is 1. The maximum absolute atomic E-state index is 11.9. The van der Waals surface area contributed by atoms with Crippen molar-refractivity contribution in [3.05, 3.63) is 57.4 Å².